The molecule has 0 saturated carbocycles. The van der Waals surface area contributed by atoms with E-state index in [1.54, 1.807) is 19.3 Å². The Labute approximate surface area is 121 Å². The summed E-state index contributed by atoms with van der Waals surface area (Å²) in [5, 5.41) is 10.9. The number of hydrogen-bond donors (Lipinski definition) is 1. The van der Waals surface area contributed by atoms with Crippen LogP contribution in [0.2, 0.25) is 5.15 Å². The molecule has 0 amide bonds. The highest BCUT2D eigenvalue weighted by Crippen LogP contribution is 2.32. The summed E-state index contributed by atoms with van der Waals surface area (Å²) >= 11 is 6.26. The van der Waals surface area contributed by atoms with Crippen molar-refractivity contribution in [1.29, 1.82) is 0 Å². The van der Waals surface area contributed by atoms with Crippen molar-refractivity contribution in [3.05, 3.63) is 34.9 Å². The molecule has 2 aromatic heterocycles. The molecule has 1 N–H and O–H groups in total. The van der Waals surface area contributed by atoms with Crippen LogP contribution in [0, 0.1) is 6.92 Å². The zero-order valence-corrected chi connectivity index (χ0v) is 12.0. The van der Waals surface area contributed by atoms with Gasteiger partial charge in [-0.3, -0.25) is 4.99 Å². The second-order valence-electron chi connectivity index (χ2n) is 4.89. The summed E-state index contributed by atoms with van der Waals surface area (Å²) in [6.45, 7) is 1.82. The number of aliphatic imine (C=N–C) groups is 1. The van der Waals surface area contributed by atoms with Gasteiger partial charge in [0, 0.05) is 31.4 Å². The molecule has 0 unspecified atom stereocenters. The minimum Gasteiger partial charge on any atom is -0.389 e. The maximum Gasteiger partial charge on any atom is 0.146 e. The van der Waals surface area contributed by atoms with Crippen molar-refractivity contribution in [3.63, 3.8) is 0 Å². The number of hydrogen-bond acceptors (Lipinski definition) is 4. The molecule has 0 bridgehead atoms. The number of halogens is 1. The fraction of sp³-hybridized carbons (Fsp3) is 0.357. The molecule has 0 fully saturated rings. The molecule has 0 aliphatic heterocycles. The molecule has 20 heavy (non-hydrogen) atoms. The maximum absolute atomic E-state index is 9.67. The Bertz CT molecular complexity index is 720. The van der Waals surface area contributed by atoms with E-state index in [0.29, 0.717) is 17.4 Å². The molecule has 1 aliphatic rings. The predicted molar refractivity (Wildman–Crippen MR) is 79.6 cm³/mol. The third-order valence-electron chi connectivity index (χ3n) is 3.43. The lowest BCUT2D eigenvalue weighted by atomic mass is 10.2. The van der Waals surface area contributed by atoms with Crippen molar-refractivity contribution in [2.75, 3.05) is 7.05 Å². The largest absolute Gasteiger partial charge is 0.389 e. The highest BCUT2D eigenvalue weighted by molar-refractivity contribution is 6.35. The van der Waals surface area contributed by atoms with Crippen LogP contribution in [0.25, 0.3) is 11.0 Å². The Balaban J connectivity index is 2.24. The molecule has 3 rings (SSSR count). The summed E-state index contributed by atoms with van der Waals surface area (Å²) < 4.78 is 2.03. The van der Waals surface area contributed by atoms with Crippen LogP contribution in [0.1, 0.15) is 23.9 Å². The number of rotatable bonds is 2. The van der Waals surface area contributed by atoms with Gasteiger partial charge in [0.1, 0.15) is 16.6 Å². The van der Waals surface area contributed by atoms with Crippen molar-refractivity contribution >= 4 is 28.8 Å². The molecular formula is C14H15ClN4O. The molecule has 1 aliphatic carbocycles. The SMILES string of the molecule is C/N=C/c1cn([C@H]2C=C[C@@H](O)C2)c2nc(C)nc(Cl)c12. The Morgan fingerprint density at radius 1 is 1.45 bits per heavy atom. The Hall–Kier alpha value is -1.72. The van der Waals surface area contributed by atoms with Crippen molar-refractivity contribution in [2.45, 2.75) is 25.5 Å². The van der Waals surface area contributed by atoms with Gasteiger partial charge in [-0.25, -0.2) is 9.97 Å². The first-order valence-corrected chi connectivity index (χ1v) is 6.81. The monoisotopic (exact) mass is 290 g/mol. The van der Waals surface area contributed by atoms with Gasteiger partial charge in [0.2, 0.25) is 0 Å². The third kappa shape index (κ3) is 2.13. The highest BCUT2D eigenvalue weighted by Gasteiger charge is 2.23. The second-order valence-corrected chi connectivity index (χ2v) is 5.25. The van der Waals surface area contributed by atoms with E-state index >= 15 is 0 Å². The number of allylic oxidation sites excluding steroid dienone is 1. The summed E-state index contributed by atoms with van der Waals surface area (Å²) in [7, 11) is 1.71. The molecule has 0 radical (unpaired) electrons. The van der Waals surface area contributed by atoms with E-state index in [0.717, 1.165) is 16.6 Å². The lowest BCUT2D eigenvalue weighted by Gasteiger charge is -2.12. The van der Waals surface area contributed by atoms with Crippen molar-refractivity contribution < 1.29 is 5.11 Å². The average molecular weight is 291 g/mol. The third-order valence-corrected chi connectivity index (χ3v) is 3.71. The number of fused-ring (bicyclic) bond motifs is 1. The Kier molecular flexibility index (Phi) is 3.31. The van der Waals surface area contributed by atoms with Crippen molar-refractivity contribution in [1.82, 2.24) is 14.5 Å². The van der Waals surface area contributed by atoms with E-state index in [9.17, 15) is 5.11 Å². The summed E-state index contributed by atoms with van der Waals surface area (Å²) in [6.07, 6.45) is 7.75. The van der Waals surface area contributed by atoms with E-state index < -0.39 is 6.10 Å². The molecule has 2 heterocycles. The summed E-state index contributed by atoms with van der Waals surface area (Å²) in [5.74, 6) is 0.629. The van der Waals surface area contributed by atoms with Gasteiger partial charge < -0.3 is 9.67 Å². The van der Waals surface area contributed by atoms with E-state index in [1.165, 1.54) is 0 Å². The van der Waals surface area contributed by atoms with Crippen LogP contribution in [-0.4, -0.2) is 39.0 Å². The molecule has 0 aromatic carbocycles. The summed E-state index contributed by atoms with van der Waals surface area (Å²) in [6, 6.07) is 0.0804. The van der Waals surface area contributed by atoms with Crippen LogP contribution < -0.4 is 0 Å². The van der Waals surface area contributed by atoms with Crippen LogP contribution >= 0.6 is 11.6 Å². The van der Waals surface area contributed by atoms with E-state index in [2.05, 4.69) is 15.0 Å². The van der Waals surface area contributed by atoms with Gasteiger partial charge >= 0.3 is 0 Å². The zero-order valence-electron chi connectivity index (χ0n) is 11.3. The lowest BCUT2D eigenvalue weighted by molar-refractivity contribution is 0.211. The maximum atomic E-state index is 9.67. The molecule has 6 heteroatoms. The second kappa shape index (κ2) is 5.00. The van der Waals surface area contributed by atoms with Crippen molar-refractivity contribution in [2.24, 2.45) is 4.99 Å². The standard InChI is InChI=1S/C14H15ClN4O/c1-8-17-13(15)12-9(6-16-2)7-19(14(12)18-8)10-3-4-11(20)5-10/h3-4,6-7,10-11,20H,5H2,1-2H3/b16-6+/t10-,11+/m0/s1. The van der Waals surface area contributed by atoms with Gasteiger partial charge in [-0.1, -0.05) is 23.8 Å². The van der Waals surface area contributed by atoms with Gasteiger partial charge in [0.05, 0.1) is 17.5 Å². The fourth-order valence-corrected chi connectivity index (χ4v) is 2.91. The van der Waals surface area contributed by atoms with Crippen molar-refractivity contribution in [3.8, 4) is 0 Å². The lowest BCUT2D eigenvalue weighted by Crippen LogP contribution is -2.08. The van der Waals surface area contributed by atoms with Crippen LogP contribution in [0.3, 0.4) is 0 Å². The normalized spacial score (nSPS) is 22.4. The molecule has 2 atom stereocenters. The average Bonchev–Trinajstić information content (AvgIpc) is 2.94. The first kappa shape index (κ1) is 13.3. The van der Waals surface area contributed by atoms with Gasteiger partial charge in [0.15, 0.2) is 0 Å². The minimum absolute atomic E-state index is 0.0804. The molecule has 0 spiro atoms. The van der Waals surface area contributed by atoms with Crippen LogP contribution in [0.15, 0.2) is 23.3 Å². The zero-order chi connectivity index (χ0) is 14.3. The quantitative estimate of drug-likeness (QED) is 0.524. The smallest absolute Gasteiger partial charge is 0.146 e. The number of nitrogens with zero attached hydrogens (tertiary/aromatic N) is 4. The van der Waals surface area contributed by atoms with Crippen LogP contribution in [0.4, 0.5) is 0 Å². The number of aliphatic hydroxyl groups is 1. The molecular weight excluding hydrogens is 276 g/mol. The molecule has 2 aromatic rings. The summed E-state index contributed by atoms with van der Waals surface area (Å²) in [5.41, 5.74) is 1.67. The minimum atomic E-state index is -0.404. The van der Waals surface area contributed by atoms with E-state index in [-0.39, 0.29) is 6.04 Å². The molecule has 104 valence electrons. The van der Waals surface area contributed by atoms with E-state index in [1.807, 2.05) is 23.8 Å². The first-order valence-electron chi connectivity index (χ1n) is 6.43. The number of aliphatic hydroxyl groups excluding tert-OH is 1. The fourth-order valence-electron chi connectivity index (χ4n) is 2.59. The van der Waals surface area contributed by atoms with Crippen LogP contribution in [-0.2, 0) is 0 Å². The number of aryl methyl sites for hydroxylation is 1. The summed E-state index contributed by atoms with van der Waals surface area (Å²) in [4.78, 5) is 12.8. The Morgan fingerprint density at radius 3 is 2.90 bits per heavy atom. The number of aromatic nitrogens is 3. The predicted octanol–water partition coefficient (Wildman–Crippen LogP) is 2.30. The Morgan fingerprint density at radius 2 is 2.25 bits per heavy atom. The van der Waals surface area contributed by atoms with Gasteiger partial charge in [-0.15, -0.1) is 0 Å². The highest BCUT2D eigenvalue weighted by atomic mass is 35.5. The molecule has 0 saturated heterocycles. The topological polar surface area (TPSA) is 63.3 Å². The molecule has 5 nitrogen and oxygen atoms in total. The first-order chi connectivity index (χ1) is 9.60. The van der Waals surface area contributed by atoms with Gasteiger partial charge in [-0.2, -0.15) is 0 Å². The van der Waals surface area contributed by atoms with Crippen LogP contribution in [0.5, 0.6) is 0 Å². The van der Waals surface area contributed by atoms with Gasteiger partial charge in [-0.05, 0) is 6.92 Å². The van der Waals surface area contributed by atoms with Gasteiger partial charge in [0.25, 0.3) is 0 Å². The van der Waals surface area contributed by atoms with E-state index in [4.69, 9.17) is 11.6 Å².